The van der Waals surface area contributed by atoms with E-state index in [9.17, 15) is 8.78 Å². The zero-order valence-corrected chi connectivity index (χ0v) is 11.3. The standard InChI is InChI=1S/C14H13F2N5/c1-2-17-12-8-21-6-5-18-14(21)13(20-12)19-11-7-9(15)3-4-10(11)16/h3-8,17H,2H2,1H3,(H,19,20). The summed E-state index contributed by atoms with van der Waals surface area (Å²) in [5.74, 6) is -0.122. The molecule has 5 nitrogen and oxygen atoms in total. The van der Waals surface area contributed by atoms with E-state index in [2.05, 4.69) is 20.6 Å². The van der Waals surface area contributed by atoms with E-state index in [0.717, 1.165) is 18.2 Å². The summed E-state index contributed by atoms with van der Waals surface area (Å²) in [5.41, 5.74) is 0.543. The average molecular weight is 289 g/mol. The van der Waals surface area contributed by atoms with Gasteiger partial charge in [0.1, 0.15) is 17.5 Å². The Morgan fingerprint density at radius 2 is 2.14 bits per heavy atom. The summed E-state index contributed by atoms with van der Waals surface area (Å²) in [7, 11) is 0. The lowest BCUT2D eigenvalue weighted by atomic mass is 10.3. The van der Waals surface area contributed by atoms with Crippen LogP contribution in [0.2, 0.25) is 0 Å². The molecule has 0 saturated heterocycles. The zero-order chi connectivity index (χ0) is 14.8. The molecule has 0 aliphatic rings. The number of hydrogen-bond donors (Lipinski definition) is 2. The molecule has 2 aromatic heterocycles. The minimum Gasteiger partial charge on any atom is -0.369 e. The second-order valence-corrected chi connectivity index (χ2v) is 4.41. The van der Waals surface area contributed by atoms with E-state index in [0.29, 0.717) is 23.8 Å². The molecule has 3 aromatic rings. The van der Waals surface area contributed by atoms with Crippen molar-refractivity contribution in [3.8, 4) is 0 Å². The van der Waals surface area contributed by atoms with Gasteiger partial charge in [-0.25, -0.2) is 18.7 Å². The third-order valence-corrected chi connectivity index (χ3v) is 2.91. The molecule has 0 aliphatic carbocycles. The number of anilines is 3. The number of nitrogens with zero attached hydrogens (tertiary/aromatic N) is 3. The van der Waals surface area contributed by atoms with E-state index in [1.807, 2.05) is 6.92 Å². The number of imidazole rings is 1. The third kappa shape index (κ3) is 2.62. The van der Waals surface area contributed by atoms with Crippen LogP contribution in [0.25, 0.3) is 5.65 Å². The predicted molar refractivity (Wildman–Crippen MR) is 76.8 cm³/mol. The monoisotopic (exact) mass is 289 g/mol. The van der Waals surface area contributed by atoms with E-state index < -0.39 is 11.6 Å². The van der Waals surface area contributed by atoms with Crippen molar-refractivity contribution in [1.82, 2.24) is 14.4 Å². The molecule has 0 atom stereocenters. The number of aromatic nitrogens is 3. The van der Waals surface area contributed by atoms with Gasteiger partial charge in [0, 0.05) is 25.0 Å². The van der Waals surface area contributed by atoms with Crippen molar-refractivity contribution >= 4 is 23.0 Å². The maximum Gasteiger partial charge on any atom is 0.180 e. The van der Waals surface area contributed by atoms with Crippen molar-refractivity contribution in [2.45, 2.75) is 6.92 Å². The molecule has 7 heteroatoms. The fourth-order valence-electron chi connectivity index (χ4n) is 2.00. The lowest BCUT2D eigenvalue weighted by Gasteiger charge is -2.11. The van der Waals surface area contributed by atoms with Crippen LogP contribution >= 0.6 is 0 Å². The van der Waals surface area contributed by atoms with Crippen LogP contribution in [0, 0.1) is 11.6 Å². The van der Waals surface area contributed by atoms with Gasteiger partial charge in [0.15, 0.2) is 11.5 Å². The van der Waals surface area contributed by atoms with Gasteiger partial charge < -0.3 is 15.0 Å². The largest absolute Gasteiger partial charge is 0.369 e. The second kappa shape index (κ2) is 5.35. The number of nitrogens with one attached hydrogen (secondary N) is 2. The van der Waals surface area contributed by atoms with Crippen LogP contribution in [0.5, 0.6) is 0 Å². The third-order valence-electron chi connectivity index (χ3n) is 2.91. The Kier molecular flexibility index (Phi) is 3.39. The molecule has 21 heavy (non-hydrogen) atoms. The van der Waals surface area contributed by atoms with Crippen LogP contribution in [0.1, 0.15) is 6.92 Å². The smallest absolute Gasteiger partial charge is 0.180 e. The summed E-state index contributed by atoms with van der Waals surface area (Å²) in [4.78, 5) is 8.50. The maximum atomic E-state index is 13.7. The van der Waals surface area contributed by atoms with E-state index in [4.69, 9.17) is 0 Å². The highest BCUT2D eigenvalue weighted by Gasteiger charge is 2.10. The number of rotatable bonds is 4. The van der Waals surface area contributed by atoms with Gasteiger partial charge in [0.2, 0.25) is 0 Å². The molecular formula is C14H13F2N5. The molecule has 1 aromatic carbocycles. The molecule has 0 saturated carbocycles. The molecule has 0 spiro atoms. The summed E-state index contributed by atoms with van der Waals surface area (Å²) in [6, 6.07) is 3.21. The first-order valence-electron chi connectivity index (χ1n) is 6.47. The van der Waals surface area contributed by atoms with Gasteiger partial charge in [-0.2, -0.15) is 0 Å². The summed E-state index contributed by atoms with van der Waals surface area (Å²) >= 11 is 0. The van der Waals surface area contributed by atoms with Crippen molar-refractivity contribution in [1.29, 1.82) is 0 Å². The second-order valence-electron chi connectivity index (χ2n) is 4.41. The first-order chi connectivity index (χ1) is 10.2. The van der Waals surface area contributed by atoms with Gasteiger partial charge in [0.25, 0.3) is 0 Å². The predicted octanol–water partition coefficient (Wildman–Crippen LogP) is 3.18. The zero-order valence-electron chi connectivity index (χ0n) is 11.3. The topological polar surface area (TPSA) is 54.2 Å². The van der Waals surface area contributed by atoms with Crippen LogP contribution in [-0.2, 0) is 0 Å². The Bertz CT molecular complexity index is 784. The summed E-state index contributed by atoms with van der Waals surface area (Å²) < 4.78 is 28.7. The van der Waals surface area contributed by atoms with Crippen LogP contribution in [-0.4, -0.2) is 20.9 Å². The highest BCUT2D eigenvalue weighted by molar-refractivity contribution is 5.71. The lowest BCUT2D eigenvalue weighted by molar-refractivity contribution is 0.603. The molecule has 0 fully saturated rings. The lowest BCUT2D eigenvalue weighted by Crippen LogP contribution is -2.05. The highest BCUT2D eigenvalue weighted by atomic mass is 19.1. The van der Waals surface area contributed by atoms with Crippen molar-refractivity contribution in [3.05, 3.63) is 48.4 Å². The minimum atomic E-state index is -0.559. The van der Waals surface area contributed by atoms with Crippen molar-refractivity contribution in [3.63, 3.8) is 0 Å². The Morgan fingerprint density at radius 3 is 2.95 bits per heavy atom. The Labute approximate surface area is 119 Å². The van der Waals surface area contributed by atoms with Gasteiger partial charge in [-0.15, -0.1) is 0 Å². The Balaban J connectivity index is 2.06. The fourth-order valence-corrected chi connectivity index (χ4v) is 2.00. The Morgan fingerprint density at radius 1 is 1.29 bits per heavy atom. The van der Waals surface area contributed by atoms with E-state index in [-0.39, 0.29) is 5.69 Å². The fraction of sp³-hybridized carbons (Fsp3) is 0.143. The van der Waals surface area contributed by atoms with Gasteiger partial charge in [-0.1, -0.05) is 0 Å². The van der Waals surface area contributed by atoms with Gasteiger partial charge in [-0.3, -0.25) is 0 Å². The number of fused-ring (bicyclic) bond motifs is 1. The molecule has 2 heterocycles. The van der Waals surface area contributed by atoms with Crippen LogP contribution in [0.3, 0.4) is 0 Å². The van der Waals surface area contributed by atoms with Gasteiger partial charge >= 0.3 is 0 Å². The van der Waals surface area contributed by atoms with Gasteiger partial charge in [0.05, 0.1) is 11.9 Å². The van der Waals surface area contributed by atoms with E-state index in [1.54, 1.807) is 23.0 Å². The van der Waals surface area contributed by atoms with E-state index in [1.165, 1.54) is 0 Å². The van der Waals surface area contributed by atoms with E-state index >= 15 is 0 Å². The average Bonchev–Trinajstić information content (AvgIpc) is 2.92. The maximum absolute atomic E-state index is 13.7. The first kappa shape index (κ1) is 13.3. The first-order valence-corrected chi connectivity index (χ1v) is 6.47. The van der Waals surface area contributed by atoms with Crippen LogP contribution in [0.15, 0.2) is 36.8 Å². The molecule has 0 bridgehead atoms. The molecule has 108 valence electrons. The van der Waals surface area contributed by atoms with Gasteiger partial charge in [-0.05, 0) is 19.1 Å². The Hall–Kier alpha value is -2.70. The van der Waals surface area contributed by atoms with Crippen molar-refractivity contribution in [2.75, 3.05) is 17.2 Å². The highest BCUT2D eigenvalue weighted by Crippen LogP contribution is 2.23. The molecule has 0 radical (unpaired) electrons. The molecule has 0 amide bonds. The normalized spacial score (nSPS) is 10.8. The number of hydrogen-bond acceptors (Lipinski definition) is 4. The summed E-state index contributed by atoms with van der Waals surface area (Å²) in [6.07, 6.45) is 5.14. The van der Waals surface area contributed by atoms with Crippen LogP contribution < -0.4 is 10.6 Å². The SMILES string of the molecule is CCNc1cn2ccnc2c(Nc2cc(F)ccc2F)n1. The van der Waals surface area contributed by atoms with Crippen molar-refractivity contribution in [2.24, 2.45) is 0 Å². The molecule has 0 unspecified atom stereocenters. The molecule has 3 rings (SSSR count). The number of benzene rings is 1. The summed E-state index contributed by atoms with van der Waals surface area (Å²) in [5, 5.41) is 5.87. The number of halogens is 2. The quantitative estimate of drug-likeness (QED) is 0.774. The molecule has 2 N–H and O–H groups in total. The van der Waals surface area contributed by atoms with Crippen LogP contribution in [0.4, 0.5) is 26.1 Å². The van der Waals surface area contributed by atoms with Crippen molar-refractivity contribution < 1.29 is 8.78 Å². The summed E-state index contributed by atoms with van der Waals surface area (Å²) in [6.45, 7) is 2.64. The molecular weight excluding hydrogens is 276 g/mol. The molecule has 0 aliphatic heterocycles. The minimum absolute atomic E-state index is 0.0149.